The van der Waals surface area contributed by atoms with Gasteiger partial charge in [-0.3, -0.25) is 0 Å². The largest absolute Gasteiger partial charge is 0.466 e. The molecule has 0 amide bonds. The maximum Gasteiger partial charge on any atom is 0.191 e. The number of rotatable bonds is 11. The van der Waals surface area contributed by atoms with Gasteiger partial charge in [0.1, 0.15) is 11.4 Å². The van der Waals surface area contributed by atoms with Gasteiger partial charge in [-0.1, -0.05) is 13.3 Å². The van der Waals surface area contributed by atoms with Crippen LogP contribution >= 0.6 is 0 Å². The summed E-state index contributed by atoms with van der Waals surface area (Å²) in [5.74, 6) is 1.20. The molecule has 0 radical (unpaired) electrons. The van der Waals surface area contributed by atoms with Gasteiger partial charge in [-0.05, 0) is 38.8 Å². The Morgan fingerprint density at radius 3 is 2.74 bits per heavy atom. The van der Waals surface area contributed by atoms with Crippen molar-refractivity contribution >= 4 is 5.96 Å². The van der Waals surface area contributed by atoms with E-state index in [2.05, 4.69) is 22.5 Å². The average molecular weight is 325 g/mol. The Bertz CT molecular complexity index is 430. The van der Waals surface area contributed by atoms with E-state index in [0.717, 1.165) is 45.6 Å². The molecule has 1 unspecified atom stereocenters. The van der Waals surface area contributed by atoms with Crippen molar-refractivity contribution in [1.82, 2.24) is 10.6 Å². The number of furan rings is 1. The Morgan fingerprint density at radius 2 is 2.09 bits per heavy atom. The topological polar surface area (TPSA) is 79.0 Å². The molecule has 6 heteroatoms. The molecule has 0 aromatic carbocycles. The molecule has 0 saturated carbocycles. The van der Waals surface area contributed by atoms with Crippen LogP contribution in [0.2, 0.25) is 0 Å². The molecule has 0 fully saturated rings. The summed E-state index contributed by atoms with van der Waals surface area (Å²) in [6.45, 7) is 9.20. The fraction of sp³-hybridized carbons (Fsp3) is 0.706. The van der Waals surface area contributed by atoms with Crippen LogP contribution in [-0.2, 0) is 10.3 Å². The van der Waals surface area contributed by atoms with Crippen LogP contribution in [0.3, 0.4) is 0 Å². The molecule has 0 spiro atoms. The lowest BCUT2D eigenvalue weighted by molar-refractivity contribution is 0.0437. The van der Waals surface area contributed by atoms with Crippen LogP contribution in [0.15, 0.2) is 27.8 Å². The summed E-state index contributed by atoms with van der Waals surface area (Å²) in [7, 11) is 0. The fourth-order valence-electron chi connectivity index (χ4n) is 1.97. The van der Waals surface area contributed by atoms with Crippen LogP contribution in [-0.4, -0.2) is 43.9 Å². The Morgan fingerprint density at radius 1 is 1.30 bits per heavy atom. The van der Waals surface area contributed by atoms with Crippen molar-refractivity contribution in [2.24, 2.45) is 4.99 Å². The summed E-state index contributed by atoms with van der Waals surface area (Å²) in [6, 6.07) is 3.51. The first-order valence-corrected chi connectivity index (χ1v) is 8.46. The molecule has 1 aromatic heterocycles. The number of ether oxygens (including phenoxy) is 1. The third-order valence-electron chi connectivity index (χ3n) is 3.34. The number of aliphatic imine (C=N–C) groups is 1. The van der Waals surface area contributed by atoms with E-state index in [1.165, 1.54) is 0 Å². The van der Waals surface area contributed by atoms with Gasteiger partial charge in [0.05, 0.1) is 12.8 Å². The zero-order valence-corrected chi connectivity index (χ0v) is 14.6. The Kier molecular flexibility index (Phi) is 9.40. The predicted octanol–water partition coefficient (Wildman–Crippen LogP) is 2.25. The molecule has 0 aliphatic heterocycles. The molecule has 1 aromatic rings. The zero-order valence-electron chi connectivity index (χ0n) is 14.6. The lowest BCUT2D eigenvalue weighted by Gasteiger charge is -2.19. The van der Waals surface area contributed by atoms with Gasteiger partial charge in [-0.25, -0.2) is 4.99 Å². The number of nitrogens with one attached hydrogen (secondary N) is 2. The van der Waals surface area contributed by atoms with Gasteiger partial charge in [-0.15, -0.1) is 0 Å². The van der Waals surface area contributed by atoms with Crippen molar-refractivity contribution in [3.63, 3.8) is 0 Å². The SMILES string of the molecule is CCCCOCCCNC(=NCC(C)(O)c1ccco1)NCC. The monoisotopic (exact) mass is 325 g/mol. The van der Waals surface area contributed by atoms with Crippen molar-refractivity contribution in [2.45, 2.75) is 45.6 Å². The number of guanidine groups is 1. The first-order valence-electron chi connectivity index (χ1n) is 8.46. The molecule has 1 heterocycles. The van der Waals surface area contributed by atoms with E-state index in [0.29, 0.717) is 11.7 Å². The first kappa shape index (κ1) is 19.5. The summed E-state index contributed by atoms with van der Waals surface area (Å²) in [5, 5.41) is 16.8. The molecule has 0 aliphatic rings. The molecule has 0 saturated heterocycles. The van der Waals surface area contributed by atoms with Gasteiger partial charge >= 0.3 is 0 Å². The van der Waals surface area contributed by atoms with E-state index < -0.39 is 5.60 Å². The first-order chi connectivity index (χ1) is 11.1. The van der Waals surface area contributed by atoms with Crippen LogP contribution in [0.25, 0.3) is 0 Å². The molecule has 0 bridgehead atoms. The maximum absolute atomic E-state index is 10.4. The van der Waals surface area contributed by atoms with Crippen molar-refractivity contribution < 1.29 is 14.3 Å². The zero-order chi connectivity index (χ0) is 17.0. The van der Waals surface area contributed by atoms with Crippen LogP contribution in [0.4, 0.5) is 0 Å². The lowest BCUT2D eigenvalue weighted by atomic mass is 10.0. The quantitative estimate of drug-likeness (QED) is 0.330. The van der Waals surface area contributed by atoms with Gasteiger partial charge in [0.2, 0.25) is 0 Å². The standard InChI is InChI=1S/C17H31N3O3/c1-4-6-11-22-12-8-10-19-16(18-5-2)20-14-17(3,21)15-9-7-13-23-15/h7,9,13,21H,4-6,8,10-12,14H2,1-3H3,(H2,18,19,20). The highest BCUT2D eigenvalue weighted by molar-refractivity contribution is 5.79. The number of hydrogen-bond acceptors (Lipinski definition) is 4. The van der Waals surface area contributed by atoms with E-state index in [1.54, 1.807) is 25.3 Å². The summed E-state index contributed by atoms with van der Waals surface area (Å²) >= 11 is 0. The van der Waals surface area contributed by atoms with Crippen LogP contribution in [0, 0.1) is 0 Å². The summed E-state index contributed by atoms with van der Waals surface area (Å²) < 4.78 is 10.8. The molecular formula is C17H31N3O3. The van der Waals surface area contributed by atoms with E-state index in [-0.39, 0.29) is 6.54 Å². The molecule has 23 heavy (non-hydrogen) atoms. The van der Waals surface area contributed by atoms with Crippen molar-refractivity contribution in [2.75, 3.05) is 32.8 Å². The molecule has 1 atom stereocenters. The second kappa shape index (κ2) is 11.1. The third kappa shape index (κ3) is 8.04. The van der Waals surface area contributed by atoms with Gasteiger partial charge in [-0.2, -0.15) is 0 Å². The van der Waals surface area contributed by atoms with E-state index in [4.69, 9.17) is 9.15 Å². The van der Waals surface area contributed by atoms with E-state index >= 15 is 0 Å². The lowest BCUT2D eigenvalue weighted by Crippen LogP contribution is -2.39. The summed E-state index contributed by atoms with van der Waals surface area (Å²) in [5.41, 5.74) is -1.12. The normalized spacial score (nSPS) is 14.5. The van der Waals surface area contributed by atoms with E-state index in [9.17, 15) is 5.11 Å². The van der Waals surface area contributed by atoms with Gasteiger partial charge in [0.15, 0.2) is 5.96 Å². The van der Waals surface area contributed by atoms with Crippen LogP contribution in [0.5, 0.6) is 0 Å². The molecule has 1 rings (SSSR count). The molecule has 6 nitrogen and oxygen atoms in total. The minimum absolute atomic E-state index is 0.225. The maximum atomic E-state index is 10.4. The fourth-order valence-corrected chi connectivity index (χ4v) is 1.97. The second-order valence-corrected chi connectivity index (χ2v) is 5.69. The molecular weight excluding hydrogens is 294 g/mol. The molecule has 132 valence electrons. The third-order valence-corrected chi connectivity index (χ3v) is 3.34. The van der Waals surface area contributed by atoms with Crippen LogP contribution < -0.4 is 10.6 Å². The minimum Gasteiger partial charge on any atom is -0.466 e. The number of hydrogen-bond donors (Lipinski definition) is 3. The summed E-state index contributed by atoms with van der Waals surface area (Å²) in [6.07, 6.45) is 4.74. The number of unbranched alkanes of at least 4 members (excludes halogenated alkanes) is 1. The number of nitrogens with zero attached hydrogens (tertiary/aromatic N) is 1. The van der Waals surface area contributed by atoms with E-state index in [1.807, 2.05) is 6.92 Å². The average Bonchev–Trinajstić information content (AvgIpc) is 3.07. The minimum atomic E-state index is -1.12. The van der Waals surface area contributed by atoms with Gasteiger partial charge in [0, 0.05) is 26.3 Å². The van der Waals surface area contributed by atoms with Crippen molar-refractivity contribution in [3.05, 3.63) is 24.2 Å². The predicted molar refractivity (Wildman–Crippen MR) is 92.6 cm³/mol. The van der Waals surface area contributed by atoms with Gasteiger partial charge in [0.25, 0.3) is 0 Å². The second-order valence-electron chi connectivity index (χ2n) is 5.69. The van der Waals surface area contributed by atoms with Crippen LogP contribution in [0.1, 0.15) is 45.8 Å². The highest BCUT2D eigenvalue weighted by Crippen LogP contribution is 2.20. The summed E-state index contributed by atoms with van der Waals surface area (Å²) in [4.78, 5) is 4.43. The van der Waals surface area contributed by atoms with Crippen molar-refractivity contribution in [1.29, 1.82) is 0 Å². The smallest absolute Gasteiger partial charge is 0.191 e. The number of aliphatic hydroxyl groups is 1. The Hall–Kier alpha value is -1.53. The highest BCUT2D eigenvalue weighted by Gasteiger charge is 2.25. The molecule has 0 aliphatic carbocycles. The molecule has 3 N–H and O–H groups in total. The highest BCUT2D eigenvalue weighted by atomic mass is 16.5. The Labute approximate surface area is 139 Å². The Balaban J connectivity index is 2.35. The van der Waals surface area contributed by atoms with Gasteiger partial charge < -0.3 is 24.9 Å². The van der Waals surface area contributed by atoms with Crippen molar-refractivity contribution in [3.8, 4) is 0 Å².